The van der Waals surface area contributed by atoms with E-state index in [9.17, 15) is 13.2 Å². The maximum atomic E-state index is 13.2. The smallest absolute Gasteiger partial charge is 0.283 e. The molecule has 0 unspecified atom stereocenters. The predicted molar refractivity (Wildman–Crippen MR) is 135 cm³/mol. The summed E-state index contributed by atoms with van der Waals surface area (Å²) in [6, 6.07) is 14.9. The van der Waals surface area contributed by atoms with Crippen molar-refractivity contribution in [1.29, 1.82) is 5.26 Å². The first-order chi connectivity index (χ1) is 16.7. The lowest BCUT2D eigenvalue weighted by Gasteiger charge is -2.26. The zero-order valence-corrected chi connectivity index (χ0v) is 21.3. The Kier molecular flexibility index (Phi) is 7.47. The Morgan fingerprint density at radius 3 is 2.46 bits per heavy atom. The second-order valence-corrected chi connectivity index (χ2v) is 11.4. The van der Waals surface area contributed by atoms with Crippen molar-refractivity contribution in [2.45, 2.75) is 19.8 Å². The number of nitriles is 1. The van der Waals surface area contributed by atoms with E-state index in [1.807, 2.05) is 31.2 Å². The minimum Gasteiger partial charge on any atom is -0.283 e. The summed E-state index contributed by atoms with van der Waals surface area (Å²) in [5.74, 6) is -0.452. The number of hydrogen-bond acceptors (Lipinski definition) is 6. The molecule has 1 amide bonds. The number of carbonyl (C=O) groups excluding carboxylic acids is 1. The van der Waals surface area contributed by atoms with Crippen LogP contribution in [0.15, 0.2) is 42.5 Å². The van der Waals surface area contributed by atoms with Gasteiger partial charge in [-0.1, -0.05) is 47.5 Å². The zero-order valence-electron chi connectivity index (χ0n) is 19.0. The largest absolute Gasteiger partial charge is 0.286 e. The molecule has 1 aromatic heterocycles. The van der Waals surface area contributed by atoms with Crippen molar-refractivity contribution < 1.29 is 13.2 Å². The van der Waals surface area contributed by atoms with Crippen LogP contribution in [0.25, 0.3) is 16.9 Å². The Balaban J connectivity index is 1.73. The number of nitrogens with one attached hydrogen (secondary N) is 1. The topological polar surface area (TPSA) is 108 Å². The molecule has 0 radical (unpaired) electrons. The van der Waals surface area contributed by atoms with Crippen molar-refractivity contribution in [2.75, 3.05) is 24.6 Å². The van der Waals surface area contributed by atoms with Crippen LogP contribution in [-0.2, 0) is 16.3 Å². The molecule has 2 aromatic carbocycles. The fraction of sp³-hybridized carbons (Fsp3) is 0.292. The highest BCUT2D eigenvalue weighted by Gasteiger charge is 2.27. The fourth-order valence-electron chi connectivity index (χ4n) is 3.93. The standard InChI is InChI=1S/C24H23Cl2N5O3S/c1-16-22(24(32)29-30-11-13-35(33,34)14-12-30)28-31(21-9-8-19(25)15-20(21)26)23(16)18-6-4-17(5-7-18)3-2-10-27/h4-9,15H,2-3,11-14H2,1H3,(H,29,32). The summed E-state index contributed by atoms with van der Waals surface area (Å²) in [6.07, 6.45) is 1.08. The van der Waals surface area contributed by atoms with E-state index in [1.165, 1.54) is 0 Å². The first-order valence-corrected chi connectivity index (χ1v) is 13.5. The molecule has 1 saturated heterocycles. The first kappa shape index (κ1) is 25.2. The Morgan fingerprint density at radius 1 is 1.14 bits per heavy atom. The Labute approximate surface area is 213 Å². The van der Waals surface area contributed by atoms with Gasteiger partial charge in [0, 0.05) is 35.7 Å². The van der Waals surface area contributed by atoms with Gasteiger partial charge < -0.3 is 0 Å². The maximum Gasteiger partial charge on any atom is 0.286 e. The second kappa shape index (κ2) is 10.4. The van der Waals surface area contributed by atoms with Crippen molar-refractivity contribution in [2.24, 2.45) is 0 Å². The molecule has 1 N–H and O–H groups in total. The lowest BCUT2D eigenvalue weighted by Crippen LogP contribution is -2.50. The molecule has 0 aliphatic carbocycles. The summed E-state index contributed by atoms with van der Waals surface area (Å²) in [7, 11) is -3.07. The normalized spacial score (nSPS) is 15.5. The third-order valence-corrected chi connectivity index (χ3v) is 7.98. The van der Waals surface area contributed by atoms with E-state index in [-0.39, 0.29) is 30.3 Å². The van der Waals surface area contributed by atoms with Gasteiger partial charge in [0.1, 0.15) is 0 Å². The highest BCUT2D eigenvalue weighted by molar-refractivity contribution is 7.91. The summed E-state index contributed by atoms with van der Waals surface area (Å²) in [5.41, 5.74) is 6.73. The van der Waals surface area contributed by atoms with Gasteiger partial charge in [0.05, 0.1) is 34.0 Å². The van der Waals surface area contributed by atoms with Crippen molar-refractivity contribution in [3.8, 4) is 23.0 Å². The van der Waals surface area contributed by atoms with E-state index in [0.29, 0.717) is 39.8 Å². The molecule has 1 fully saturated rings. The number of hydrazine groups is 1. The van der Waals surface area contributed by atoms with E-state index in [0.717, 1.165) is 11.1 Å². The second-order valence-electron chi connectivity index (χ2n) is 8.26. The van der Waals surface area contributed by atoms with Gasteiger partial charge in [-0.25, -0.2) is 18.1 Å². The number of benzene rings is 2. The lowest BCUT2D eigenvalue weighted by atomic mass is 10.0. The van der Waals surface area contributed by atoms with Crippen molar-refractivity contribution in [3.63, 3.8) is 0 Å². The molecule has 1 aliphatic rings. The summed E-state index contributed by atoms with van der Waals surface area (Å²) in [4.78, 5) is 13.2. The number of carbonyl (C=O) groups is 1. The third kappa shape index (κ3) is 5.68. The van der Waals surface area contributed by atoms with Crippen molar-refractivity contribution >= 4 is 38.9 Å². The van der Waals surface area contributed by atoms with Crippen LogP contribution in [0.5, 0.6) is 0 Å². The van der Waals surface area contributed by atoms with Crippen molar-refractivity contribution in [3.05, 3.63) is 69.3 Å². The van der Waals surface area contributed by atoms with E-state index >= 15 is 0 Å². The number of halogens is 2. The molecule has 182 valence electrons. The van der Waals surface area contributed by atoms with Gasteiger partial charge in [-0.3, -0.25) is 10.2 Å². The van der Waals surface area contributed by atoms with Gasteiger partial charge >= 0.3 is 0 Å². The van der Waals surface area contributed by atoms with Gasteiger partial charge in [0.25, 0.3) is 5.91 Å². The summed E-state index contributed by atoms with van der Waals surface area (Å²) < 4.78 is 25.0. The van der Waals surface area contributed by atoms with Crippen LogP contribution in [0.1, 0.15) is 28.0 Å². The van der Waals surface area contributed by atoms with Crippen LogP contribution < -0.4 is 5.43 Å². The SMILES string of the molecule is Cc1c(C(=O)NN2CCS(=O)(=O)CC2)nn(-c2ccc(Cl)cc2Cl)c1-c1ccc(CCC#N)cc1. The maximum absolute atomic E-state index is 13.2. The molecule has 0 spiro atoms. The zero-order chi connectivity index (χ0) is 25.2. The Hall–Kier alpha value is -2.90. The highest BCUT2D eigenvalue weighted by Crippen LogP contribution is 2.33. The number of aromatic nitrogens is 2. The van der Waals surface area contributed by atoms with Crippen LogP contribution in [0.2, 0.25) is 10.0 Å². The van der Waals surface area contributed by atoms with E-state index in [1.54, 1.807) is 27.9 Å². The molecule has 11 heteroatoms. The minimum atomic E-state index is -3.07. The summed E-state index contributed by atoms with van der Waals surface area (Å²) in [5, 5.41) is 15.9. The first-order valence-electron chi connectivity index (χ1n) is 11.0. The number of hydrogen-bond donors (Lipinski definition) is 1. The summed E-state index contributed by atoms with van der Waals surface area (Å²) in [6.45, 7) is 2.24. The average Bonchev–Trinajstić information content (AvgIpc) is 3.16. The Morgan fingerprint density at radius 2 is 1.83 bits per heavy atom. The van der Waals surface area contributed by atoms with Gasteiger partial charge in [-0.2, -0.15) is 10.4 Å². The summed E-state index contributed by atoms with van der Waals surface area (Å²) >= 11 is 12.6. The highest BCUT2D eigenvalue weighted by atomic mass is 35.5. The van der Waals surface area contributed by atoms with Crippen LogP contribution in [0.4, 0.5) is 0 Å². The Bertz CT molecular complexity index is 1400. The quantitative estimate of drug-likeness (QED) is 0.515. The van der Waals surface area contributed by atoms with Crippen LogP contribution in [0.3, 0.4) is 0 Å². The third-order valence-electron chi connectivity index (χ3n) is 5.83. The molecule has 2 heterocycles. The van der Waals surface area contributed by atoms with Crippen molar-refractivity contribution in [1.82, 2.24) is 20.2 Å². The molecule has 4 rings (SSSR count). The number of rotatable bonds is 6. The average molecular weight is 532 g/mol. The van der Waals surface area contributed by atoms with E-state index < -0.39 is 15.7 Å². The van der Waals surface area contributed by atoms with E-state index in [4.69, 9.17) is 28.5 Å². The molecule has 0 bridgehead atoms. The van der Waals surface area contributed by atoms with Gasteiger partial charge in [0.2, 0.25) is 0 Å². The van der Waals surface area contributed by atoms with Gasteiger partial charge in [0.15, 0.2) is 15.5 Å². The molecule has 0 atom stereocenters. The number of nitrogens with zero attached hydrogens (tertiary/aromatic N) is 4. The molecule has 3 aromatic rings. The van der Waals surface area contributed by atoms with Gasteiger partial charge in [-0.15, -0.1) is 0 Å². The minimum absolute atomic E-state index is 0.00944. The molecule has 0 saturated carbocycles. The fourth-order valence-corrected chi connectivity index (χ4v) is 5.62. The monoisotopic (exact) mass is 531 g/mol. The van der Waals surface area contributed by atoms with Gasteiger partial charge in [-0.05, 0) is 37.1 Å². The van der Waals surface area contributed by atoms with Crippen LogP contribution in [-0.4, -0.2) is 53.7 Å². The molecule has 1 aliphatic heterocycles. The van der Waals surface area contributed by atoms with Crippen LogP contribution >= 0.6 is 23.2 Å². The molecular weight excluding hydrogens is 509 g/mol. The van der Waals surface area contributed by atoms with Crippen LogP contribution in [0, 0.1) is 18.3 Å². The predicted octanol–water partition coefficient (Wildman–Crippen LogP) is 3.99. The molecule has 8 nitrogen and oxygen atoms in total. The molecular formula is C24H23Cl2N5O3S. The number of amides is 1. The lowest BCUT2D eigenvalue weighted by molar-refractivity contribution is 0.0795. The number of sulfone groups is 1. The molecule has 35 heavy (non-hydrogen) atoms. The van der Waals surface area contributed by atoms with E-state index in [2.05, 4.69) is 16.6 Å². The number of aryl methyl sites for hydroxylation is 1.